The molecule has 0 saturated heterocycles. The van der Waals surface area contributed by atoms with Crippen molar-refractivity contribution in [2.45, 2.75) is 19.9 Å². The summed E-state index contributed by atoms with van der Waals surface area (Å²) in [7, 11) is 0. The minimum Gasteiger partial charge on any atom is -0.493 e. The largest absolute Gasteiger partial charge is 0.493 e. The minimum atomic E-state index is -0.214. The summed E-state index contributed by atoms with van der Waals surface area (Å²) in [4.78, 5) is 17.2. The first-order chi connectivity index (χ1) is 12.6. The van der Waals surface area contributed by atoms with Gasteiger partial charge in [0.2, 0.25) is 0 Å². The molecule has 6 heteroatoms. The van der Waals surface area contributed by atoms with E-state index in [-0.39, 0.29) is 12.3 Å². The van der Waals surface area contributed by atoms with Crippen molar-refractivity contribution < 1.29 is 9.53 Å². The Kier molecular flexibility index (Phi) is 5.91. The van der Waals surface area contributed by atoms with Gasteiger partial charge in [0.1, 0.15) is 5.75 Å². The number of amides is 1. The molecule has 0 unspecified atom stereocenters. The summed E-state index contributed by atoms with van der Waals surface area (Å²) in [6.45, 7) is 6.63. The van der Waals surface area contributed by atoms with Gasteiger partial charge in [-0.2, -0.15) is 4.99 Å². The molecule has 0 aliphatic heterocycles. The Morgan fingerprint density at radius 3 is 2.81 bits per heavy atom. The number of ether oxygens (including phenoxy) is 1. The third-order valence-corrected chi connectivity index (χ3v) is 5.34. The molecule has 0 atom stereocenters. The molecule has 0 fully saturated rings. The predicted molar refractivity (Wildman–Crippen MR) is 107 cm³/mol. The highest BCUT2D eigenvalue weighted by molar-refractivity contribution is 7.16. The molecule has 1 amide bonds. The summed E-state index contributed by atoms with van der Waals surface area (Å²) in [5.74, 6) is 0.531. The molecule has 3 rings (SSSR count). The van der Waals surface area contributed by atoms with Crippen LogP contribution in [-0.2, 0) is 11.3 Å². The Morgan fingerprint density at radius 2 is 2.08 bits per heavy atom. The molecule has 0 saturated carbocycles. The van der Waals surface area contributed by atoms with Crippen molar-refractivity contribution >= 4 is 39.1 Å². The number of rotatable bonds is 6. The molecule has 0 spiro atoms. The normalized spacial score (nSPS) is 11.7. The summed E-state index contributed by atoms with van der Waals surface area (Å²) in [5, 5.41) is 0.697. The van der Waals surface area contributed by atoms with Crippen LogP contribution in [0, 0.1) is 6.92 Å². The molecule has 0 radical (unpaired) electrons. The molecule has 0 bridgehead atoms. The fourth-order valence-electron chi connectivity index (χ4n) is 2.63. The Balaban J connectivity index is 1.84. The summed E-state index contributed by atoms with van der Waals surface area (Å²) in [6.07, 6.45) is 2.01. The number of hydrogen-bond donors (Lipinski definition) is 0. The predicted octanol–water partition coefficient (Wildman–Crippen LogP) is 4.75. The highest BCUT2D eigenvalue weighted by Crippen LogP contribution is 2.27. The maximum atomic E-state index is 12.3. The molecule has 1 heterocycles. The number of para-hydroxylation sites is 1. The summed E-state index contributed by atoms with van der Waals surface area (Å²) in [6, 6.07) is 13.2. The zero-order valence-corrected chi connectivity index (χ0v) is 16.0. The average Bonchev–Trinajstić information content (AvgIpc) is 2.97. The number of carbonyl (C=O) groups excluding carboxylic acids is 1. The topological polar surface area (TPSA) is 43.6 Å². The van der Waals surface area contributed by atoms with Gasteiger partial charge in [-0.1, -0.05) is 47.2 Å². The molecule has 26 heavy (non-hydrogen) atoms. The van der Waals surface area contributed by atoms with Crippen molar-refractivity contribution in [2.24, 2.45) is 4.99 Å². The molecule has 0 N–H and O–H groups in total. The molecule has 3 aromatic rings. The van der Waals surface area contributed by atoms with E-state index in [0.29, 0.717) is 23.0 Å². The van der Waals surface area contributed by atoms with Crippen LogP contribution < -0.4 is 9.54 Å². The quantitative estimate of drug-likeness (QED) is 0.574. The zero-order chi connectivity index (χ0) is 18.5. The number of thiazole rings is 1. The van der Waals surface area contributed by atoms with Crippen molar-refractivity contribution in [3.63, 3.8) is 0 Å². The van der Waals surface area contributed by atoms with Crippen LogP contribution in [0.25, 0.3) is 10.2 Å². The fraction of sp³-hybridized carbons (Fsp3) is 0.200. The number of aromatic nitrogens is 1. The van der Waals surface area contributed by atoms with E-state index in [2.05, 4.69) is 11.6 Å². The van der Waals surface area contributed by atoms with E-state index >= 15 is 0 Å². The number of carbonyl (C=O) groups is 1. The van der Waals surface area contributed by atoms with Crippen molar-refractivity contribution in [3.8, 4) is 5.75 Å². The minimum absolute atomic E-state index is 0.214. The lowest BCUT2D eigenvalue weighted by Gasteiger charge is -2.05. The third-order valence-electron chi connectivity index (χ3n) is 3.89. The van der Waals surface area contributed by atoms with Crippen LogP contribution >= 0.6 is 22.9 Å². The van der Waals surface area contributed by atoms with Gasteiger partial charge in [0.05, 0.1) is 23.2 Å². The van der Waals surface area contributed by atoms with E-state index in [1.54, 1.807) is 6.08 Å². The maximum Gasteiger partial charge on any atom is 0.251 e. The Labute approximate surface area is 161 Å². The van der Waals surface area contributed by atoms with Gasteiger partial charge < -0.3 is 9.30 Å². The van der Waals surface area contributed by atoms with Crippen molar-refractivity contribution in [1.29, 1.82) is 0 Å². The smallest absolute Gasteiger partial charge is 0.251 e. The molecule has 0 aliphatic carbocycles. The van der Waals surface area contributed by atoms with E-state index < -0.39 is 0 Å². The van der Waals surface area contributed by atoms with Gasteiger partial charge in [-0.15, -0.1) is 6.58 Å². The monoisotopic (exact) mass is 386 g/mol. The van der Waals surface area contributed by atoms with Crippen molar-refractivity contribution in [2.75, 3.05) is 6.61 Å². The Hall–Kier alpha value is -2.37. The second kappa shape index (κ2) is 8.34. The van der Waals surface area contributed by atoms with Crippen LogP contribution in [0.5, 0.6) is 5.75 Å². The summed E-state index contributed by atoms with van der Waals surface area (Å²) in [5.41, 5.74) is 1.97. The lowest BCUT2D eigenvalue weighted by molar-refractivity contribution is -0.118. The van der Waals surface area contributed by atoms with E-state index in [1.807, 2.05) is 54.0 Å². The fourth-order valence-corrected chi connectivity index (χ4v) is 3.90. The molecular formula is C20H19ClN2O2S. The van der Waals surface area contributed by atoms with Crippen LogP contribution in [-0.4, -0.2) is 17.1 Å². The zero-order valence-electron chi connectivity index (χ0n) is 14.4. The van der Waals surface area contributed by atoms with Gasteiger partial charge in [-0.25, -0.2) is 0 Å². The van der Waals surface area contributed by atoms with Gasteiger partial charge in [-0.05, 0) is 36.8 Å². The van der Waals surface area contributed by atoms with Gasteiger partial charge in [0.25, 0.3) is 5.91 Å². The molecule has 0 aliphatic rings. The lowest BCUT2D eigenvalue weighted by Crippen LogP contribution is -2.17. The molecule has 4 nitrogen and oxygen atoms in total. The van der Waals surface area contributed by atoms with E-state index in [1.165, 1.54) is 11.3 Å². The van der Waals surface area contributed by atoms with Crippen molar-refractivity contribution in [1.82, 2.24) is 4.57 Å². The second-order valence-corrected chi connectivity index (χ2v) is 7.14. The number of hydrogen-bond acceptors (Lipinski definition) is 3. The number of benzene rings is 2. The van der Waals surface area contributed by atoms with Gasteiger partial charge in [-0.3, -0.25) is 4.79 Å². The highest BCUT2D eigenvalue weighted by atomic mass is 35.5. The average molecular weight is 387 g/mol. The summed E-state index contributed by atoms with van der Waals surface area (Å²) < 4.78 is 8.59. The number of nitrogens with zero attached hydrogens (tertiary/aromatic N) is 2. The lowest BCUT2D eigenvalue weighted by atomic mass is 10.2. The SMILES string of the molecule is C=CCn1c(=NC(=O)CCOc2ccccc2)sc2ccc(Cl)c(C)c21. The first-order valence-electron chi connectivity index (χ1n) is 8.25. The first-order valence-corrected chi connectivity index (χ1v) is 9.44. The Morgan fingerprint density at radius 1 is 1.31 bits per heavy atom. The van der Waals surface area contributed by atoms with Gasteiger partial charge >= 0.3 is 0 Å². The number of halogens is 1. The highest BCUT2D eigenvalue weighted by Gasteiger charge is 2.11. The molecule has 2 aromatic carbocycles. The molecular weight excluding hydrogens is 368 g/mol. The second-order valence-electron chi connectivity index (χ2n) is 5.72. The number of allylic oxidation sites excluding steroid dienone is 1. The number of aryl methyl sites for hydroxylation is 1. The first kappa shape index (κ1) is 18.4. The maximum absolute atomic E-state index is 12.3. The van der Waals surface area contributed by atoms with E-state index in [4.69, 9.17) is 16.3 Å². The Bertz CT molecular complexity index is 1010. The van der Waals surface area contributed by atoms with Crippen LogP contribution in [0.15, 0.2) is 60.1 Å². The van der Waals surface area contributed by atoms with Gasteiger partial charge in [0.15, 0.2) is 4.80 Å². The van der Waals surface area contributed by atoms with Crippen LogP contribution in [0.2, 0.25) is 5.02 Å². The van der Waals surface area contributed by atoms with Gasteiger partial charge in [0, 0.05) is 11.6 Å². The van der Waals surface area contributed by atoms with Crippen LogP contribution in [0.1, 0.15) is 12.0 Å². The van der Waals surface area contributed by atoms with Crippen molar-refractivity contribution in [3.05, 3.63) is 70.5 Å². The van der Waals surface area contributed by atoms with E-state index in [0.717, 1.165) is 21.5 Å². The third kappa shape index (κ3) is 4.06. The van der Waals surface area contributed by atoms with E-state index in [9.17, 15) is 4.79 Å². The van der Waals surface area contributed by atoms with Crippen LogP contribution in [0.3, 0.4) is 0 Å². The molecule has 134 valence electrons. The van der Waals surface area contributed by atoms with Crippen LogP contribution in [0.4, 0.5) is 0 Å². The molecule has 1 aromatic heterocycles. The summed E-state index contributed by atoms with van der Waals surface area (Å²) >= 11 is 7.73. The standard InChI is InChI=1S/C20H19ClN2O2S/c1-3-12-23-19-14(2)16(21)9-10-17(19)26-20(23)22-18(24)11-13-25-15-7-5-4-6-8-15/h3-10H,1,11-13H2,2H3. The number of fused-ring (bicyclic) bond motifs is 1.